The molecule has 4 aromatic rings. The molecule has 1 fully saturated rings. The van der Waals surface area contributed by atoms with Gasteiger partial charge in [0.25, 0.3) is 0 Å². The number of aromatic nitrogens is 4. The fraction of sp³-hybridized carbons (Fsp3) is 0.333. The number of imidazole rings is 1. The summed E-state index contributed by atoms with van der Waals surface area (Å²) in [5.74, 6) is 0.985. The predicted octanol–water partition coefficient (Wildman–Crippen LogP) is 5.32. The molecule has 0 saturated carbocycles. The van der Waals surface area contributed by atoms with Crippen LogP contribution in [0.15, 0.2) is 66.7 Å². The molecular weight excluding hydrogens is 480 g/mol. The molecule has 0 spiro atoms. The summed E-state index contributed by atoms with van der Waals surface area (Å²) in [7, 11) is 0. The number of fused-ring (bicyclic) bond motifs is 1. The summed E-state index contributed by atoms with van der Waals surface area (Å²) >= 11 is 0. The van der Waals surface area contributed by atoms with Gasteiger partial charge in [-0.15, -0.1) is 0 Å². The Bertz CT molecular complexity index is 1480. The van der Waals surface area contributed by atoms with Gasteiger partial charge in [-0.25, -0.2) is 19.7 Å². The van der Waals surface area contributed by atoms with Crippen LogP contribution in [0.2, 0.25) is 0 Å². The number of carbonyl (C=O) groups is 1. The van der Waals surface area contributed by atoms with E-state index in [1.54, 1.807) is 6.07 Å². The zero-order valence-electron chi connectivity index (χ0n) is 21.1. The summed E-state index contributed by atoms with van der Waals surface area (Å²) < 4.78 is 13.7. The number of carboxylic acids is 1. The van der Waals surface area contributed by atoms with Gasteiger partial charge in [-0.05, 0) is 60.9 Å². The van der Waals surface area contributed by atoms with Crippen molar-refractivity contribution >= 4 is 22.7 Å². The number of carboxylic acid groups (broad SMARTS) is 1. The molecule has 8 nitrogen and oxygen atoms in total. The van der Waals surface area contributed by atoms with E-state index in [1.807, 2.05) is 48.5 Å². The van der Waals surface area contributed by atoms with Crippen molar-refractivity contribution in [1.82, 2.24) is 19.5 Å². The van der Waals surface area contributed by atoms with Crippen molar-refractivity contribution in [3.05, 3.63) is 89.5 Å². The van der Waals surface area contributed by atoms with Crippen LogP contribution < -0.4 is 4.74 Å². The lowest BCUT2D eigenvalue weighted by atomic mass is 9.86. The largest absolute Gasteiger partial charge is 0.477 e. The number of nitrogens with zero attached hydrogens (tertiary/aromatic N) is 4. The normalized spacial score (nSPS) is 19.1. The van der Waals surface area contributed by atoms with Crippen molar-refractivity contribution in [3.63, 3.8) is 0 Å². The van der Waals surface area contributed by atoms with Crippen molar-refractivity contribution < 1.29 is 19.4 Å². The lowest BCUT2D eigenvalue weighted by Crippen LogP contribution is -2.32. The molecule has 4 heterocycles. The van der Waals surface area contributed by atoms with E-state index in [-0.39, 0.29) is 11.8 Å². The molecule has 3 aromatic heterocycles. The lowest BCUT2D eigenvalue weighted by molar-refractivity contribution is -0.0591. The van der Waals surface area contributed by atoms with Crippen LogP contribution in [-0.2, 0) is 24.3 Å². The van der Waals surface area contributed by atoms with Crippen LogP contribution in [-0.4, -0.2) is 43.3 Å². The molecule has 2 aliphatic rings. The van der Waals surface area contributed by atoms with Gasteiger partial charge in [-0.1, -0.05) is 42.5 Å². The molecule has 1 aromatic carbocycles. The summed E-state index contributed by atoms with van der Waals surface area (Å²) in [6.07, 6.45) is 7.12. The van der Waals surface area contributed by atoms with Gasteiger partial charge >= 0.3 is 5.97 Å². The molecule has 1 N–H and O–H groups in total. The molecule has 38 heavy (non-hydrogen) atoms. The number of allylic oxidation sites excluding steroid dienone is 2. The number of pyridine rings is 2. The van der Waals surface area contributed by atoms with Crippen LogP contribution in [0.4, 0.5) is 0 Å². The predicted molar refractivity (Wildman–Crippen MR) is 143 cm³/mol. The Kier molecular flexibility index (Phi) is 6.88. The summed E-state index contributed by atoms with van der Waals surface area (Å²) in [5, 5.41) is 9.42. The Morgan fingerprint density at radius 1 is 1.03 bits per heavy atom. The second-order valence-electron chi connectivity index (χ2n) is 9.97. The maximum Gasteiger partial charge on any atom is 0.354 e. The molecule has 1 aliphatic heterocycles. The van der Waals surface area contributed by atoms with Gasteiger partial charge < -0.3 is 19.1 Å². The van der Waals surface area contributed by atoms with Crippen molar-refractivity contribution in [2.75, 3.05) is 6.61 Å². The molecule has 0 radical (unpaired) electrons. The molecule has 1 unspecified atom stereocenters. The highest BCUT2D eigenvalue weighted by Gasteiger charge is 2.25. The smallest absolute Gasteiger partial charge is 0.354 e. The molecule has 1 aliphatic carbocycles. The van der Waals surface area contributed by atoms with Crippen molar-refractivity contribution in [2.45, 2.75) is 51.4 Å². The summed E-state index contributed by atoms with van der Waals surface area (Å²) in [6, 6.07) is 19.3. The molecular formula is C30H30N4O4. The van der Waals surface area contributed by atoms with Crippen molar-refractivity contribution in [1.29, 1.82) is 0 Å². The van der Waals surface area contributed by atoms with Crippen LogP contribution in [0.25, 0.3) is 16.7 Å². The van der Waals surface area contributed by atoms with Gasteiger partial charge in [-0.3, -0.25) is 0 Å². The van der Waals surface area contributed by atoms with E-state index in [4.69, 9.17) is 19.4 Å². The van der Waals surface area contributed by atoms with Crippen molar-refractivity contribution in [3.8, 4) is 5.88 Å². The van der Waals surface area contributed by atoms with Crippen LogP contribution in [0.5, 0.6) is 5.88 Å². The minimum atomic E-state index is -1.03. The highest BCUT2D eigenvalue weighted by atomic mass is 16.5. The second kappa shape index (κ2) is 10.8. The minimum Gasteiger partial charge on any atom is -0.477 e. The monoisotopic (exact) mass is 510 g/mol. The Morgan fingerprint density at radius 3 is 2.63 bits per heavy atom. The number of rotatable bonds is 9. The van der Waals surface area contributed by atoms with E-state index in [0.717, 1.165) is 61.3 Å². The van der Waals surface area contributed by atoms with Gasteiger partial charge in [0.15, 0.2) is 11.3 Å². The quantitative estimate of drug-likeness (QED) is 0.325. The van der Waals surface area contributed by atoms with Gasteiger partial charge in [0.1, 0.15) is 17.9 Å². The van der Waals surface area contributed by atoms with E-state index >= 15 is 0 Å². The zero-order chi connectivity index (χ0) is 25.9. The number of ether oxygens (including phenoxy) is 2. The first-order chi connectivity index (χ1) is 18.6. The SMILES string of the molecule is O=C(O)c1ccc2nc(CC3CC=C(c4cccc(OCc5ccccc5)n4)CC3)n(C[C@@H]3CCO3)c2n1. The van der Waals surface area contributed by atoms with Crippen LogP contribution in [0.1, 0.15) is 53.3 Å². The lowest BCUT2D eigenvalue weighted by Gasteiger charge is -2.28. The molecule has 0 bridgehead atoms. The summed E-state index contributed by atoms with van der Waals surface area (Å²) in [5.41, 5.74) is 4.72. The fourth-order valence-electron chi connectivity index (χ4n) is 5.12. The molecule has 2 atom stereocenters. The van der Waals surface area contributed by atoms with E-state index in [1.165, 1.54) is 11.6 Å². The van der Waals surface area contributed by atoms with E-state index in [2.05, 4.69) is 15.6 Å². The highest BCUT2D eigenvalue weighted by molar-refractivity contribution is 5.88. The maximum absolute atomic E-state index is 11.5. The Hall–Kier alpha value is -4.04. The topological polar surface area (TPSA) is 99.4 Å². The fourth-order valence-corrected chi connectivity index (χ4v) is 5.12. The van der Waals surface area contributed by atoms with E-state index in [0.29, 0.717) is 30.6 Å². The number of aromatic carboxylic acids is 1. The Labute approximate surface area is 221 Å². The number of benzene rings is 1. The zero-order valence-corrected chi connectivity index (χ0v) is 21.1. The third kappa shape index (κ3) is 5.31. The molecule has 194 valence electrons. The summed E-state index contributed by atoms with van der Waals surface area (Å²) in [4.78, 5) is 25.5. The number of hydrogen-bond acceptors (Lipinski definition) is 6. The van der Waals surface area contributed by atoms with E-state index < -0.39 is 5.97 Å². The third-order valence-electron chi connectivity index (χ3n) is 7.34. The Balaban J connectivity index is 1.16. The van der Waals surface area contributed by atoms with E-state index in [9.17, 15) is 9.90 Å². The highest BCUT2D eigenvalue weighted by Crippen LogP contribution is 2.33. The van der Waals surface area contributed by atoms with Gasteiger partial charge in [0.2, 0.25) is 5.88 Å². The summed E-state index contributed by atoms with van der Waals surface area (Å²) in [6.45, 7) is 1.91. The Morgan fingerprint density at radius 2 is 1.89 bits per heavy atom. The first kappa shape index (κ1) is 24.3. The first-order valence-electron chi connectivity index (χ1n) is 13.2. The first-order valence-corrected chi connectivity index (χ1v) is 13.2. The molecule has 6 rings (SSSR count). The minimum absolute atomic E-state index is 0.0347. The number of hydrogen-bond donors (Lipinski definition) is 1. The third-order valence-corrected chi connectivity index (χ3v) is 7.34. The van der Waals surface area contributed by atoms with Crippen LogP contribution in [0.3, 0.4) is 0 Å². The van der Waals surface area contributed by atoms with Crippen LogP contribution in [0, 0.1) is 5.92 Å². The van der Waals surface area contributed by atoms with Gasteiger partial charge in [0.05, 0.1) is 18.3 Å². The second-order valence-corrected chi connectivity index (χ2v) is 9.97. The standard InChI is InChI=1S/C30H30N4O4/c35-30(36)26-14-13-25-29(33-26)34(18-23-15-16-37-23)27(31-25)17-20-9-11-22(12-10-20)24-7-4-8-28(32-24)38-19-21-5-2-1-3-6-21/h1-8,11,13-14,20,23H,9-10,12,15-19H2,(H,35,36)/t20?,23-/m0/s1. The molecule has 1 saturated heterocycles. The van der Waals surface area contributed by atoms with Gasteiger partial charge in [0, 0.05) is 19.1 Å². The maximum atomic E-state index is 11.5. The van der Waals surface area contributed by atoms with Crippen molar-refractivity contribution in [2.24, 2.45) is 5.92 Å². The molecule has 8 heteroatoms. The molecule has 0 amide bonds. The van der Waals surface area contributed by atoms with Crippen LogP contribution >= 0.6 is 0 Å². The van der Waals surface area contributed by atoms with Gasteiger partial charge in [-0.2, -0.15) is 0 Å². The average molecular weight is 511 g/mol. The average Bonchev–Trinajstić information content (AvgIpc) is 3.26.